The minimum Gasteiger partial charge on any atom is -0.462 e. The molecule has 11 nitrogen and oxygen atoms in total. The standard InChI is InChI=1S/C22H17N5O6S/c1-2-32-21(28)15-12-23-27(19-10-7-13-5-3-4-6-16(13)24-19)20(15)26-34(30,31)14-8-9-17-18(11-14)33-22(29)25-17/h3-12,26H,2H2,1H3,(H,25,29). The Morgan fingerprint density at radius 2 is 2.00 bits per heavy atom. The molecule has 0 bridgehead atoms. The molecule has 0 amide bonds. The second kappa shape index (κ2) is 8.15. The number of sulfonamides is 1. The minimum absolute atomic E-state index is 0.0724. The predicted octanol–water partition coefficient (Wildman–Crippen LogP) is 2.83. The fourth-order valence-electron chi connectivity index (χ4n) is 3.43. The van der Waals surface area contributed by atoms with Gasteiger partial charge >= 0.3 is 11.7 Å². The van der Waals surface area contributed by atoms with Crippen molar-refractivity contribution in [2.24, 2.45) is 0 Å². The van der Waals surface area contributed by atoms with Gasteiger partial charge in [0, 0.05) is 11.5 Å². The summed E-state index contributed by atoms with van der Waals surface area (Å²) in [5, 5.41) is 5.07. The van der Waals surface area contributed by atoms with Crippen molar-refractivity contribution in [2.45, 2.75) is 11.8 Å². The van der Waals surface area contributed by atoms with Crippen molar-refractivity contribution in [2.75, 3.05) is 11.3 Å². The number of para-hydroxylation sites is 1. The molecule has 0 radical (unpaired) electrons. The number of aromatic nitrogens is 4. The zero-order valence-corrected chi connectivity index (χ0v) is 18.5. The summed E-state index contributed by atoms with van der Waals surface area (Å²) in [6, 6.07) is 14.8. The first kappa shape index (κ1) is 21.4. The highest BCUT2D eigenvalue weighted by molar-refractivity contribution is 7.92. The third-order valence-corrected chi connectivity index (χ3v) is 6.34. The van der Waals surface area contributed by atoms with Gasteiger partial charge in [-0.05, 0) is 37.3 Å². The molecule has 0 aliphatic heterocycles. The van der Waals surface area contributed by atoms with Gasteiger partial charge in [-0.15, -0.1) is 0 Å². The molecule has 0 spiro atoms. The molecule has 3 heterocycles. The van der Waals surface area contributed by atoms with E-state index in [4.69, 9.17) is 9.15 Å². The number of esters is 1. The fourth-order valence-corrected chi connectivity index (χ4v) is 4.51. The van der Waals surface area contributed by atoms with Gasteiger partial charge in [0.2, 0.25) is 0 Å². The van der Waals surface area contributed by atoms with Gasteiger partial charge in [-0.2, -0.15) is 9.78 Å². The minimum atomic E-state index is -4.23. The van der Waals surface area contributed by atoms with Crippen LogP contribution in [0, 0.1) is 0 Å². The maximum Gasteiger partial charge on any atom is 0.417 e. The number of rotatable bonds is 6. The van der Waals surface area contributed by atoms with E-state index in [1.54, 1.807) is 19.1 Å². The maximum absolute atomic E-state index is 13.2. The van der Waals surface area contributed by atoms with Crippen LogP contribution in [0.4, 0.5) is 5.82 Å². The first-order valence-electron chi connectivity index (χ1n) is 10.1. The average Bonchev–Trinajstić information content (AvgIpc) is 3.40. The van der Waals surface area contributed by atoms with Crippen LogP contribution in [0.15, 0.2) is 74.9 Å². The molecule has 0 aliphatic rings. The Bertz CT molecular complexity index is 1720. The number of oxazole rings is 1. The molecule has 34 heavy (non-hydrogen) atoms. The van der Waals surface area contributed by atoms with Crippen LogP contribution in [0.5, 0.6) is 0 Å². The second-order valence-electron chi connectivity index (χ2n) is 7.18. The number of nitrogens with one attached hydrogen (secondary N) is 2. The summed E-state index contributed by atoms with van der Waals surface area (Å²) in [6.07, 6.45) is 1.21. The highest BCUT2D eigenvalue weighted by Gasteiger charge is 2.26. The quantitative estimate of drug-likeness (QED) is 0.353. The number of pyridine rings is 1. The molecule has 0 atom stereocenters. The maximum atomic E-state index is 13.2. The van der Waals surface area contributed by atoms with Gasteiger partial charge in [-0.3, -0.25) is 9.71 Å². The number of nitrogens with zero attached hydrogens (tertiary/aromatic N) is 3. The summed E-state index contributed by atoms with van der Waals surface area (Å²) >= 11 is 0. The molecule has 0 saturated carbocycles. The van der Waals surface area contributed by atoms with Gasteiger partial charge in [0.15, 0.2) is 17.2 Å². The summed E-state index contributed by atoms with van der Waals surface area (Å²) in [6.45, 7) is 1.73. The molecular weight excluding hydrogens is 462 g/mol. The Kier molecular flexibility index (Phi) is 5.13. The van der Waals surface area contributed by atoms with E-state index >= 15 is 0 Å². The monoisotopic (exact) mass is 479 g/mol. The molecule has 3 aromatic heterocycles. The van der Waals surface area contributed by atoms with Crippen LogP contribution in [-0.4, -0.2) is 40.7 Å². The van der Waals surface area contributed by atoms with E-state index in [-0.39, 0.29) is 28.5 Å². The van der Waals surface area contributed by atoms with Gasteiger partial charge in [0.1, 0.15) is 5.56 Å². The highest BCUT2D eigenvalue weighted by Crippen LogP contribution is 2.26. The molecular formula is C22H17N5O6S. The van der Waals surface area contributed by atoms with E-state index in [9.17, 15) is 18.0 Å². The normalized spacial score (nSPS) is 11.7. The third-order valence-electron chi connectivity index (χ3n) is 5.00. The van der Waals surface area contributed by atoms with Crippen LogP contribution in [-0.2, 0) is 14.8 Å². The van der Waals surface area contributed by atoms with Gasteiger partial charge < -0.3 is 9.15 Å². The van der Waals surface area contributed by atoms with Crippen molar-refractivity contribution in [3.8, 4) is 5.82 Å². The molecule has 12 heteroatoms. The lowest BCUT2D eigenvalue weighted by molar-refractivity contribution is 0.0527. The number of benzene rings is 2. The summed E-state index contributed by atoms with van der Waals surface area (Å²) in [5.41, 5.74) is 0.995. The van der Waals surface area contributed by atoms with Crippen LogP contribution >= 0.6 is 0 Å². The summed E-state index contributed by atoms with van der Waals surface area (Å²) < 4.78 is 40.1. The van der Waals surface area contributed by atoms with Crippen molar-refractivity contribution in [1.29, 1.82) is 0 Å². The number of H-pyrrole nitrogens is 1. The van der Waals surface area contributed by atoms with Gasteiger partial charge in [0.05, 0.1) is 28.7 Å². The Balaban J connectivity index is 1.62. The molecule has 2 N–H and O–H groups in total. The first-order chi connectivity index (χ1) is 16.4. The number of hydrogen-bond donors (Lipinski definition) is 2. The van der Waals surface area contributed by atoms with Gasteiger partial charge in [-0.25, -0.2) is 23.0 Å². The number of carbonyl (C=O) groups excluding carboxylic acids is 1. The molecule has 5 rings (SSSR count). The summed E-state index contributed by atoms with van der Waals surface area (Å²) in [7, 11) is -4.23. The average molecular weight is 479 g/mol. The smallest absolute Gasteiger partial charge is 0.417 e. The van der Waals surface area contributed by atoms with Crippen molar-refractivity contribution >= 4 is 43.8 Å². The topological polar surface area (TPSA) is 149 Å². The molecule has 2 aromatic carbocycles. The molecule has 0 aliphatic carbocycles. The Hall–Kier alpha value is -4.45. The van der Waals surface area contributed by atoms with Gasteiger partial charge in [0.25, 0.3) is 10.0 Å². The van der Waals surface area contributed by atoms with E-state index in [1.165, 1.54) is 29.1 Å². The van der Waals surface area contributed by atoms with Crippen molar-refractivity contribution < 1.29 is 22.4 Å². The number of fused-ring (bicyclic) bond motifs is 2. The molecule has 172 valence electrons. The highest BCUT2D eigenvalue weighted by atomic mass is 32.2. The predicted molar refractivity (Wildman–Crippen MR) is 122 cm³/mol. The number of ether oxygens (including phenoxy) is 1. The van der Waals surface area contributed by atoms with E-state index in [1.807, 2.05) is 24.3 Å². The largest absolute Gasteiger partial charge is 0.462 e. The second-order valence-corrected chi connectivity index (χ2v) is 8.86. The first-order valence-corrected chi connectivity index (χ1v) is 11.6. The fraction of sp³-hybridized carbons (Fsp3) is 0.0909. The lowest BCUT2D eigenvalue weighted by atomic mass is 10.2. The number of hydrogen-bond acceptors (Lipinski definition) is 8. The van der Waals surface area contributed by atoms with Crippen LogP contribution in [0.2, 0.25) is 0 Å². The Labute approximate surface area is 192 Å². The van der Waals surface area contributed by atoms with Crippen LogP contribution in [0.25, 0.3) is 27.8 Å². The molecule has 0 fully saturated rings. The van der Waals surface area contributed by atoms with E-state index in [2.05, 4.69) is 19.8 Å². The number of anilines is 1. The Morgan fingerprint density at radius 3 is 2.82 bits per heavy atom. The van der Waals surface area contributed by atoms with E-state index < -0.39 is 21.7 Å². The molecule has 5 aromatic rings. The van der Waals surface area contributed by atoms with E-state index in [0.717, 1.165) is 5.39 Å². The summed E-state index contributed by atoms with van der Waals surface area (Å²) in [5.74, 6) is -1.31. The Morgan fingerprint density at radius 1 is 1.18 bits per heavy atom. The van der Waals surface area contributed by atoms with E-state index in [0.29, 0.717) is 16.9 Å². The lowest BCUT2D eigenvalue weighted by Crippen LogP contribution is -2.19. The third kappa shape index (κ3) is 3.79. The zero-order valence-electron chi connectivity index (χ0n) is 17.7. The molecule has 0 saturated heterocycles. The number of aromatic amines is 1. The molecule has 0 unspecified atom stereocenters. The van der Waals surface area contributed by atoms with Crippen molar-refractivity contribution in [3.63, 3.8) is 0 Å². The lowest BCUT2D eigenvalue weighted by Gasteiger charge is -2.12. The van der Waals surface area contributed by atoms with Crippen LogP contribution in [0.1, 0.15) is 17.3 Å². The van der Waals surface area contributed by atoms with Crippen LogP contribution < -0.4 is 10.5 Å². The van der Waals surface area contributed by atoms with Crippen molar-refractivity contribution in [3.05, 3.63) is 76.9 Å². The van der Waals surface area contributed by atoms with Gasteiger partial charge in [-0.1, -0.05) is 18.2 Å². The van der Waals surface area contributed by atoms with Crippen LogP contribution in [0.3, 0.4) is 0 Å². The van der Waals surface area contributed by atoms with Crippen molar-refractivity contribution in [1.82, 2.24) is 19.7 Å². The summed E-state index contributed by atoms with van der Waals surface area (Å²) in [4.78, 5) is 30.8. The SMILES string of the molecule is CCOC(=O)c1cnn(-c2ccc3ccccc3n2)c1NS(=O)(=O)c1ccc2[nH]c(=O)oc2c1. The number of carbonyl (C=O) groups is 1. The zero-order chi connectivity index (χ0) is 23.9.